The zero-order valence-corrected chi connectivity index (χ0v) is 9.50. The van der Waals surface area contributed by atoms with Gasteiger partial charge in [-0.2, -0.15) is 0 Å². The van der Waals surface area contributed by atoms with Gasteiger partial charge in [0.2, 0.25) is 5.91 Å². The maximum absolute atomic E-state index is 11.6. The molecule has 4 heteroatoms. The van der Waals surface area contributed by atoms with Crippen LogP contribution in [0.5, 0.6) is 0 Å². The van der Waals surface area contributed by atoms with Gasteiger partial charge in [0.1, 0.15) is 6.04 Å². The first-order chi connectivity index (χ1) is 6.38. The van der Waals surface area contributed by atoms with Crippen LogP contribution in [0.2, 0.25) is 0 Å². The van der Waals surface area contributed by atoms with Crippen LogP contribution >= 0.6 is 0 Å². The van der Waals surface area contributed by atoms with Crippen LogP contribution in [0.3, 0.4) is 0 Å². The fraction of sp³-hybridized carbons (Fsp3) is 0.900. The minimum Gasteiger partial charge on any atom is -0.353 e. The molecule has 1 amide bonds. The van der Waals surface area contributed by atoms with Gasteiger partial charge >= 0.3 is 0 Å². The maximum Gasteiger partial charge on any atom is 0.238 e. The lowest BCUT2D eigenvalue weighted by atomic mass is 9.97. The first-order valence-electron chi connectivity index (χ1n) is 5.14. The lowest BCUT2D eigenvalue weighted by molar-refractivity contribution is -0.134. The minimum absolute atomic E-state index is 0.0127. The summed E-state index contributed by atoms with van der Waals surface area (Å²) in [5.41, 5.74) is 5.63. The predicted octanol–water partition coefficient (Wildman–Crippen LogP) is -0.0675. The highest BCUT2D eigenvalue weighted by Gasteiger charge is 2.39. The highest BCUT2D eigenvalue weighted by molar-refractivity contribution is 5.83. The van der Waals surface area contributed by atoms with Gasteiger partial charge in [-0.25, -0.2) is 0 Å². The quantitative estimate of drug-likeness (QED) is 0.621. The molecule has 1 saturated heterocycles. The van der Waals surface area contributed by atoms with Gasteiger partial charge < -0.3 is 11.1 Å². The molecule has 0 bridgehead atoms. The van der Waals surface area contributed by atoms with E-state index in [1.807, 2.05) is 0 Å². The molecule has 0 saturated carbocycles. The first-order valence-corrected chi connectivity index (χ1v) is 5.14. The fourth-order valence-electron chi connectivity index (χ4n) is 2.25. The Morgan fingerprint density at radius 3 is 2.50 bits per heavy atom. The second-order valence-electron chi connectivity index (χ2n) is 4.92. The molecule has 1 aliphatic heterocycles. The summed E-state index contributed by atoms with van der Waals surface area (Å²) in [4.78, 5) is 13.8. The van der Waals surface area contributed by atoms with Gasteiger partial charge in [-0.15, -0.1) is 0 Å². The third-order valence-electron chi connectivity index (χ3n) is 2.68. The molecule has 2 unspecified atom stereocenters. The largest absolute Gasteiger partial charge is 0.353 e. The number of hydrogen-bond acceptors (Lipinski definition) is 3. The number of hydrogen-bond donors (Lipinski definition) is 2. The van der Waals surface area contributed by atoms with E-state index in [4.69, 9.17) is 5.73 Å². The van der Waals surface area contributed by atoms with Gasteiger partial charge in [0, 0.05) is 24.7 Å². The Morgan fingerprint density at radius 1 is 1.57 bits per heavy atom. The Bertz CT molecular complexity index is 222. The number of nitrogens with two attached hydrogens (primary N) is 1. The van der Waals surface area contributed by atoms with Crippen molar-refractivity contribution in [2.75, 3.05) is 13.1 Å². The third-order valence-corrected chi connectivity index (χ3v) is 2.68. The van der Waals surface area contributed by atoms with E-state index in [2.05, 4.69) is 37.9 Å². The van der Waals surface area contributed by atoms with Crippen LogP contribution in [0, 0.1) is 0 Å². The second kappa shape index (κ2) is 3.87. The van der Waals surface area contributed by atoms with Crippen LogP contribution in [-0.2, 0) is 4.79 Å². The van der Waals surface area contributed by atoms with Crippen LogP contribution in [0.25, 0.3) is 0 Å². The zero-order valence-electron chi connectivity index (χ0n) is 9.50. The molecule has 0 aromatic carbocycles. The van der Waals surface area contributed by atoms with Gasteiger partial charge in [0.15, 0.2) is 0 Å². The van der Waals surface area contributed by atoms with Gasteiger partial charge in [-0.05, 0) is 27.7 Å². The highest BCUT2D eigenvalue weighted by Crippen LogP contribution is 2.22. The summed E-state index contributed by atoms with van der Waals surface area (Å²) >= 11 is 0. The first kappa shape index (κ1) is 11.5. The van der Waals surface area contributed by atoms with Crippen molar-refractivity contribution in [3.05, 3.63) is 0 Å². The molecule has 0 aliphatic carbocycles. The summed E-state index contributed by atoms with van der Waals surface area (Å²) in [5.74, 6) is 0.0560. The standard InChI is InChI=1S/C10H21N3O/c1-7-6-12-9(14)8(5-11)13(7)10(2,3)4/h7-8H,5-6,11H2,1-4H3,(H,12,14). The van der Waals surface area contributed by atoms with Crippen LogP contribution in [0.15, 0.2) is 0 Å². The topological polar surface area (TPSA) is 58.4 Å². The average molecular weight is 199 g/mol. The molecular formula is C10H21N3O. The van der Waals surface area contributed by atoms with Crippen molar-refractivity contribution in [1.29, 1.82) is 0 Å². The SMILES string of the molecule is CC1CNC(=O)C(CN)N1C(C)(C)C. The number of nitrogens with one attached hydrogen (secondary N) is 1. The Balaban J connectivity index is 2.90. The number of amides is 1. The molecule has 1 rings (SSSR count). The number of piperazine rings is 1. The number of carbonyl (C=O) groups excluding carboxylic acids is 1. The third kappa shape index (κ3) is 2.07. The highest BCUT2D eigenvalue weighted by atomic mass is 16.2. The summed E-state index contributed by atoms with van der Waals surface area (Å²) in [6.07, 6.45) is 0. The van der Waals surface area contributed by atoms with Gasteiger partial charge in [-0.1, -0.05) is 0 Å². The summed E-state index contributed by atoms with van der Waals surface area (Å²) in [5, 5.41) is 2.87. The smallest absolute Gasteiger partial charge is 0.238 e. The van der Waals surface area contributed by atoms with Crippen LogP contribution in [-0.4, -0.2) is 41.5 Å². The number of rotatable bonds is 1. The Hall–Kier alpha value is -0.610. The van der Waals surface area contributed by atoms with Crippen LogP contribution < -0.4 is 11.1 Å². The van der Waals surface area contributed by atoms with Gasteiger partial charge in [0.25, 0.3) is 0 Å². The van der Waals surface area contributed by atoms with E-state index < -0.39 is 0 Å². The summed E-state index contributed by atoms with van der Waals surface area (Å²) in [6.45, 7) is 9.56. The van der Waals surface area contributed by atoms with Crippen molar-refractivity contribution in [1.82, 2.24) is 10.2 Å². The lowest BCUT2D eigenvalue weighted by Crippen LogP contribution is -2.66. The van der Waals surface area contributed by atoms with E-state index in [9.17, 15) is 4.79 Å². The van der Waals surface area contributed by atoms with Gasteiger partial charge in [-0.3, -0.25) is 9.69 Å². The molecule has 0 spiro atoms. The monoisotopic (exact) mass is 199 g/mol. The Labute approximate surface area is 85.8 Å². The zero-order chi connectivity index (χ0) is 10.9. The molecule has 0 aromatic heterocycles. The number of nitrogens with zero attached hydrogens (tertiary/aromatic N) is 1. The Kier molecular flexibility index (Phi) is 3.17. The van der Waals surface area contributed by atoms with E-state index in [1.165, 1.54) is 0 Å². The van der Waals surface area contributed by atoms with Crippen molar-refractivity contribution in [2.45, 2.75) is 45.3 Å². The normalized spacial score (nSPS) is 30.2. The van der Waals surface area contributed by atoms with Crippen molar-refractivity contribution in [2.24, 2.45) is 5.73 Å². The molecule has 0 radical (unpaired) electrons. The fourth-order valence-corrected chi connectivity index (χ4v) is 2.25. The molecule has 1 fully saturated rings. The van der Waals surface area contributed by atoms with Crippen LogP contribution in [0.1, 0.15) is 27.7 Å². The summed E-state index contributed by atoms with van der Waals surface area (Å²) in [6, 6.07) is 0.167. The van der Waals surface area contributed by atoms with Crippen LogP contribution in [0.4, 0.5) is 0 Å². The second-order valence-corrected chi connectivity index (χ2v) is 4.92. The molecule has 4 nitrogen and oxygen atoms in total. The summed E-state index contributed by atoms with van der Waals surface area (Å²) < 4.78 is 0. The molecule has 82 valence electrons. The Morgan fingerprint density at radius 2 is 2.14 bits per heavy atom. The van der Waals surface area contributed by atoms with Crippen molar-refractivity contribution in [3.8, 4) is 0 Å². The predicted molar refractivity (Wildman–Crippen MR) is 56.9 cm³/mol. The van der Waals surface area contributed by atoms with Crippen molar-refractivity contribution >= 4 is 5.91 Å². The molecule has 1 heterocycles. The number of carbonyl (C=O) groups is 1. The molecule has 0 aromatic rings. The van der Waals surface area contributed by atoms with E-state index >= 15 is 0 Å². The van der Waals surface area contributed by atoms with E-state index in [1.54, 1.807) is 0 Å². The minimum atomic E-state index is -0.182. The lowest BCUT2D eigenvalue weighted by Gasteiger charge is -2.47. The molecule has 14 heavy (non-hydrogen) atoms. The van der Waals surface area contributed by atoms with Crippen molar-refractivity contribution < 1.29 is 4.79 Å². The van der Waals surface area contributed by atoms with E-state index in [-0.39, 0.29) is 17.5 Å². The summed E-state index contributed by atoms with van der Waals surface area (Å²) in [7, 11) is 0. The molecule has 1 aliphatic rings. The average Bonchev–Trinajstić information content (AvgIpc) is 2.06. The molecule has 2 atom stereocenters. The maximum atomic E-state index is 11.6. The molecular weight excluding hydrogens is 178 g/mol. The van der Waals surface area contributed by atoms with Gasteiger partial charge in [0.05, 0.1) is 0 Å². The van der Waals surface area contributed by atoms with E-state index in [0.29, 0.717) is 19.1 Å². The van der Waals surface area contributed by atoms with Crippen molar-refractivity contribution in [3.63, 3.8) is 0 Å². The molecule has 3 N–H and O–H groups in total. The van der Waals surface area contributed by atoms with E-state index in [0.717, 1.165) is 0 Å².